The summed E-state index contributed by atoms with van der Waals surface area (Å²) in [6.07, 6.45) is -0.333. The Bertz CT molecular complexity index is 70.5. The van der Waals surface area contributed by atoms with Crippen LogP contribution in [0.5, 0.6) is 0 Å². The Balaban J connectivity index is 2.20. The Morgan fingerprint density at radius 1 is 1.57 bits per heavy atom. The molecule has 0 aromatic carbocycles. The van der Waals surface area contributed by atoms with Gasteiger partial charge in [-0.05, 0) is 5.92 Å². The highest BCUT2D eigenvalue weighted by Gasteiger charge is 2.39. The third-order valence-electron chi connectivity index (χ3n) is 1.16. The van der Waals surface area contributed by atoms with Crippen LogP contribution in [-0.4, -0.2) is 17.5 Å². The Kier molecular flexibility index (Phi) is 1.05. The highest BCUT2D eigenvalue weighted by atomic mass is 16.7. The van der Waals surface area contributed by atoms with E-state index in [0.717, 1.165) is 0 Å². The monoisotopic (exact) mass is 102 g/mol. The van der Waals surface area contributed by atoms with Crippen molar-refractivity contribution < 1.29 is 9.84 Å². The first kappa shape index (κ1) is 5.06. The zero-order valence-electron chi connectivity index (χ0n) is 4.59. The van der Waals surface area contributed by atoms with E-state index in [1.165, 1.54) is 0 Å². The van der Waals surface area contributed by atoms with Crippen LogP contribution in [0.25, 0.3) is 0 Å². The second-order valence-electron chi connectivity index (χ2n) is 2.24. The molecular weight excluding hydrogens is 92.1 g/mol. The highest BCUT2D eigenvalue weighted by Crippen LogP contribution is 2.25. The van der Waals surface area contributed by atoms with E-state index in [1.54, 1.807) is 0 Å². The minimum atomic E-state index is -0.458. The lowest BCUT2D eigenvalue weighted by atomic mass is 10.1. The molecular formula is C5H10O2. The molecule has 2 atom stereocenters. The van der Waals surface area contributed by atoms with Crippen molar-refractivity contribution in [3.63, 3.8) is 0 Å². The smallest absolute Gasteiger partial charge is 0.182 e. The Morgan fingerprint density at radius 3 is 2.00 bits per heavy atom. The van der Waals surface area contributed by atoms with Crippen molar-refractivity contribution >= 4 is 0 Å². The molecule has 42 valence electrons. The van der Waals surface area contributed by atoms with Crippen molar-refractivity contribution in [3.8, 4) is 0 Å². The standard InChI is InChI=1S/C5H10O2/c1-3(2)4-5(6)7-4/h3-6H,1-2H3. The average Bonchev–Trinajstić information content (AvgIpc) is 2.17. The quantitative estimate of drug-likeness (QED) is 0.485. The molecule has 2 nitrogen and oxygen atoms in total. The SMILES string of the molecule is CC(C)C1OC1O. The molecule has 0 aromatic heterocycles. The van der Waals surface area contributed by atoms with Crippen molar-refractivity contribution in [2.75, 3.05) is 0 Å². The summed E-state index contributed by atoms with van der Waals surface area (Å²) < 4.78 is 4.73. The molecule has 1 rings (SSSR count). The average molecular weight is 102 g/mol. The van der Waals surface area contributed by atoms with Gasteiger partial charge in [0.2, 0.25) is 0 Å². The number of hydrogen-bond acceptors (Lipinski definition) is 2. The summed E-state index contributed by atoms with van der Waals surface area (Å²) in [6, 6.07) is 0. The molecule has 1 aliphatic heterocycles. The summed E-state index contributed by atoms with van der Waals surface area (Å²) in [7, 11) is 0. The molecule has 1 aliphatic rings. The van der Waals surface area contributed by atoms with Crippen molar-refractivity contribution in [2.24, 2.45) is 5.92 Å². The van der Waals surface area contributed by atoms with Crippen molar-refractivity contribution in [2.45, 2.75) is 26.2 Å². The summed E-state index contributed by atoms with van der Waals surface area (Å²) in [5.41, 5.74) is 0. The largest absolute Gasteiger partial charge is 0.366 e. The summed E-state index contributed by atoms with van der Waals surface area (Å²) in [6.45, 7) is 4.06. The summed E-state index contributed by atoms with van der Waals surface area (Å²) >= 11 is 0. The Hall–Kier alpha value is -0.0800. The van der Waals surface area contributed by atoms with Gasteiger partial charge in [0.1, 0.15) is 6.10 Å². The lowest BCUT2D eigenvalue weighted by Crippen LogP contribution is -2.00. The second kappa shape index (κ2) is 1.46. The Morgan fingerprint density at radius 2 is 2.00 bits per heavy atom. The number of hydrogen-bond donors (Lipinski definition) is 1. The molecule has 0 aliphatic carbocycles. The van der Waals surface area contributed by atoms with E-state index in [-0.39, 0.29) is 6.10 Å². The fourth-order valence-corrected chi connectivity index (χ4v) is 0.602. The predicted molar refractivity (Wildman–Crippen MR) is 25.7 cm³/mol. The van der Waals surface area contributed by atoms with Gasteiger partial charge in [0.15, 0.2) is 6.29 Å². The molecule has 1 fully saturated rings. The maximum Gasteiger partial charge on any atom is 0.182 e. The van der Waals surface area contributed by atoms with Gasteiger partial charge < -0.3 is 9.84 Å². The molecule has 0 spiro atoms. The lowest BCUT2D eigenvalue weighted by Gasteiger charge is -1.91. The third-order valence-corrected chi connectivity index (χ3v) is 1.16. The van der Waals surface area contributed by atoms with Crippen LogP contribution in [0.15, 0.2) is 0 Å². The summed E-state index contributed by atoms with van der Waals surface area (Å²) in [4.78, 5) is 0. The van der Waals surface area contributed by atoms with Crippen LogP contribution in [0.4, 0.5) is 0 Å². The van der Waals surface area contributed by atoms with Crippen LogP contribution in [-0.2, 0) is 4.74 Å². The molecule has 7 heavy (non-hydrogen) atoms. The van der Waals surface area contributed by atoms with E-state index < -0.39 is 6.29 Å². The first-order chi connectivity index (χ1) is 3.22. The fraction of sp³-hybridized carbons (Fsp3) is 1.00. The number of epoxide rings is 1. The van der Waals surface area contributed by atoms with Crippen LogP contribution in [0.1, 0.15) is 13.8 Å². The minimum Gasteiger partial charge on any atom is -0.366 e. The van der Waals surface area contributed by atoms with Gasteiger partial charge in [0.05, 0.1) is 0 Å². The lowest BCUT2D eigenvalue weighted by molar-refractivity contribution is 0.155. The van der Waals surface area contributed by atoms with Crippen LogP contribution >= 0.6 is 0 Å². The zero-order chi connectivity index (χ0) is 5.44. The first-order valence-electron chi connectivity index (χ1n) is 2.55. The van der Waals surface area contributed by atoms with E-state index in [1.807, 2.05) is 13.8 Å². The molecule has 0 bridgehead atoms. The number of rotatable bonds is 1. The van der Waals surface area contributed by atoms with Gasteiger partial charge in [-0.3, -0.25) is 0 Å². The Labute approximate surface area is 43.1 Å². The van der Waals surface area contributed by atoms with Gasteiger partial charge in [0.25, 0.3) is 0 Å². The number of aliphatic hydroxyl groups excluding tert-OH is 1. The van der Waals surface area contributed by atoms with Crippen molar-refractivity contribution in [1.29, 1.82) is 0 Å². The molecule has 2 heteroatoms. The number of aliphatic hydroxyl groups is 1. The molecule has 1 N–H and O–H groups in total. The minimum absolute atomic E-state index is 0.125. The van der Waals surface area contributed by atoms with Crippen LogP contribution in [0.3, 0.4) is 0 Å². The van der Waals surface area contributed by atoms with Gasteiger partial charge in [-0.25, -0.2) is 0 Å². The van der Waals surface area contributed by atoms with Crippen molar-refractivity contribution in [3.05, 3.63) is 0 Å². The molecule has 2 unspecified atom stereocenters. The van der Waals surface area contributed by atoms with E-state index in [4.69, 9.17) is 9.84 Å². The molecule has 0 radical (unpaired) electrons. The molecule has 1 saturated heterocycles. The molecule has 0 saturated carbocycles. The molecule has 1 heterocycles. The third kappa shape index (κ3) is 0.924. The van der Waals surface area contributed by atoms with E-state index in [0.29, 0.717) is 5.92 Å². The van der Waals surface area contributed by atoms with Crippen LogP contribution < -0.4 is 0 Å². The topological polar surface area (TPSA) is 32.8 Å². The normalized spacial score (nSPS) is 39.4. The number of ether oxygens (including phenoxy) is 1. The second-order valence-corrected chi connectivity index (χ2v) is 2.24. The van der Waals surface area contributed by atoms with Gasteiger partial charge in [0, 0.05) is 0 Å². The maximum absolute atomic E-state index is 8.57. The van der Waals surface area contributed by atoms with E-state index in [2.05, 4.69) is 0 Å². The van der Waals surface area contributed by atoms with Crippen molar-refractivity contribution in [1.82, 2.24) is 0 Å². The highest BCUT2D eigenvalue weighted by molar-refractivity contribution is 4.77. The molecule has 0 amide bonds. The van der Waals surface area contributed by atoms with Gasteiger partial charge >= 0.3 is 0 Å². The van der Waals surface area contributed by atoms with E-state index in [9.17, 15) is 0 Å². The van der Waals surface area contributed by atoms with Gasteiger partial charge in [-0.15, -0.1) is 0 Å². The zero-order valence-corrected chi connectivity index (χ0v) is 4.59. The predicted octanol–water partition coefficient (Wildman–Crippen LogP) is 0.360. The summed E-state index contributed by atoms with van der Waals surface area (Å²) in [5, 5.41) is 8.57. The molecule has 0 aromatic rings. The summed E-state index contributed by atoms with van der Waals surface area (Å²) in [5.74, 6) is 0.468. The van der Waals surface area contributed by atoms with Crippen LogP contribution in [0.2, 0.25) is 0 Å². The van der Waals surface area contributed by atoms with Gasteiger partial charge in [-0.1, -0.05) is 13.8 Å². The van der Waals surface area contributed by atoms with Gasteiger partial charge in [-0.2, -0.15) is 0 Å². The van der Waals surface area contributed by atoms with Crippen LogP contribution in [0, 0.1) is 5.92 Å². The van der Waals surface area contributed by atoms with E-state index >= 15 is 0 Å². The maximum atomic E-state index is 8.57. The first-order valence-corrected chi connectivity index (χ1v) is 2.55. The fourth-order valence-electron chi connectivity index (χ4n) is 0.602.